The zero-order valence-electron chi connectivity index (χ0n) is 15.8. The molecule has 3 unspecified atom stereocenters. The summed E-state index contributed by atoms with van der Waals surface area (Å²) in [5.74, 6) is 0.904. The van der Waals surface area contributed by atoms with Crippen LogP contribution < -0.4 is 15.6 Å². The SMILES string of the molecule is CC(=O)N1c2ccc(C3CN=NN3)cc2C(Nc2ccc(C)cn2)CC1C. The van der Waals surface area contributed by atoms with Gasteiger partial charge in [-0.2, -0.15) is 5.11 Å². The molecule has 1 amide bonds. The lowest BCUT2D eigenvalue weighted by molar-refractivity contribution is -0.117. The van der Waals surface area contributed by atoms with Gasteiger partial charge in [-0.15, -0.1) is 0 Å². The van der Waals surface area contributed by atoms with E-state index in [-0.39, 0.29) is 24.0 Å². The highest BCUT2D eigenvalue weighted by Crippen LogP contribution is 2.40. The Balaban J connectivity index is 1.71. The minimum absolute atomic E-state index is 0.0624. The summed E-state index contributed by atoms with van der Waals surface area (Å²) in [7, 11) is 0. The fraction of sp³-hybridized carbons (Fsp3) is 0.400. The standard InChI is InChI=1S/C20H24N6O/c1-12-4-7-20(21-10-12)23-17-8-13(2)26(14(3)27)19-6-5-15(9-16(17)19)18-11-22-25-24-18/h4-7,9-10,13,17-18H,8,11H2,1-3H3,(H,21,23)(H,22,24). The zero-order chi connectivity index (χ0) is 19.0. The molecule has 0 aliphatic carbocycles. The molecule has 2 aliphatic heterocycles. The minimum Gasteiger partial charge on any atom is -0.363 e. The number of aryl methyl sites for hydroxylation is 1. The second-order valence-electron chi connectivity index (χ2n) is 7.32. The van der Waals surface area contributed by atoms with Gasteiger partial charge in [-0.05, 0) is 55.2 Å². The topological polar surface area (TPSA) is 82.0 Å². The molecule has 0 saturated heterocycles. The summed E-state index contributed by atoms with van der Waals surface area (Å²) >= 11 is 0. The maximum atomic E-state index is 12.3. The number of carbonyl (C=O) groups excluding carboxylic acids is 1. The zero-order valence-corrected chi connectivity index (χ0v) is 15.8. The number of pyridine rings is 1. The third-order valence-corrected chi connectivity index (χ3v) is 5.23. The third kappa shape index (κ3) is 3.37. The average Bonchev–Trinajstić information content (AvgIpc) is 3.18. The number of aromatic nitrogens is 1. The average molecular weight is 364 g/mol. The predicted octanol–water partition coefficient (Wildman–Crippen LogP) is 3.70. The number of nitrogens with zero attached hydrogens (tertiary/aromatic N) is 4. The molecule has 2 N–H and O–H groups in total. The summed E-state index contributed by atoms with van der Waals surface area (Å²) in [5, 5.41) is 11.5. The van der Waals surface area contributed by atoms with Gasteiger partial charge in [0.2, 0.25) is 5.91 Å². The smallest absolute Gasteiger partial charge is 0.224 e. The van der Waals surface area contributed by atoms with Crippen molar-refractivity contribution in [2.45, 2.75) is 45.3 Å². The first-order chi connectivity index (χ1) is 13.0. The maximum absolute atomic E-state index is 12.3. The quantitative estimate of drug-likeness (QED) is 0.870. The number of nitrogens with one attached hydrogen (secondary N) is 2. The normalized spacial score (nSPS) is 23.7. The molecule has 27 heavy (non-hydrogen) atoms. The summed E-state index contributed by atoms with van der Waals surface area (Å²) in [6.45, 7) is 6.37. The molecule has 0 bridgehead atoms. The molecule has 2 aliphatic rings. The summed E-state index contributed by atoms with van der Waals surface area (Å²) in [4.78, 5) is 18.6. The van der Waals surface area contributed by atoms with Crippen LogP contribution in [0, 0.1) is 6.92 Å². The van der Waals surface area contributed by atoms with E-state index in [2.05, 4.69) is 45.1 Å². The molecule has 7 nitrogen and oxygen atoms in total. The van der Waals surface area contributed by atoms with E-state index in [0.29, 0.717) is 6.54 Å². The molecule has 3 heterocycles. The Morgan fingerprint density at radius 3 is 2.81 bits per heavy atom. The largest absolute Gasteiger partial charge is 0.363 e. The van der Waals surface area contributed by atoms with E-state index in [1.165, 1.54) is 0 Å². The number of benzene rings is 1. The van der Waals surface area contributed by atoms with Gasteiger partial charge in [0.15, 0.2) is 0 Å². The molecule has 1 aromatic carbocycles. The van der Waals surface area contributed by atoms with Crippen molar-refractivity contribution in [3.63, 3.8) is 0 Å². The van der Waals surface area contributed by atoms with E-state index >= 15 is 0 Å². The molecular formula is C20H24N6O. The second kappa shape index (κ2) is 6.98. The highest BCUT2D eigenvalue weighted by Gasteiger charge is 2.33. The Kier molecular flexibility index (Phi) is 4.51. The Bertz CT molecular complexity index is 871. The summed E-state index contributed by atoms with van der Waals surface area (Å²) in [5.41, 5.74) is 7.36. The van der Waals surface area contributed by atoms with E-state index in [1.807, 2.05) is 36.2 Å². The molecule has 0 saturated carbocycles. The number of rotatable bonds is 3. The van der Waals surface area contributed by atoms with Crippen molar-refractivity contribution < 1.29 is 4.79 Å². The van der Waals surface area contributed by atoms with Gasteiger partial charge < -0.3 is 10.2 Å². The van der Waals surface area contributed by atoms with Crippen LogP contribution in [0.4, 0.5) is 11.5 Å². The van der Waals surface area contributed by atoms with Crippen LogP contribution in [0.3, 0.4) is 0 Å². The Hall–Kier alpha value is -2.96. The first kappa shape index (κ1) is 17.5. The van der Waals surface area contributed by atoms with Crippen molar-refractivity contribution in [1.82, 2.24) is 10.4 Å². The van der Waals surface area contributed by atoms with Crippen molar-refractivity contribution in [2.24, 2.45) is 10.3 Å². The van der Waals surface area contributed by atoms with Gasteiger partial charge in [-0.3, -0.25) is 10.2 Å². The van der Waals surface area contributed by atoms with Crippen LogP contribution in [0.25, 0.3) is 0 Å². The predicted molar refractivity (Wildman–Crippen MR) is 105 cm³/mol. The van der Waals surface area contributed by atoms with Gasteiger partial charge in [0.25, 0.3) is 0 Å². The highest BCUT2D eigenvalue weighted by molar-refractivity contribution is 5.93. The highest BCUT2D eigenvalue weighted by atomic mass is 16.2. The van der Waals surface area contributed by atoms with E-state index < -0.39 is 0 Å². The lowest BCUT2D eigenvalue weighted by atomic mass is 9.89. The third-order valence-electron chi connectivity index (χ3n) is 5.23. The Morgan fingerprint density at radius 2 is 2.15 bits per heavy atom. The molecule has 0 spiro atoms. The Morgan fingerprint density at radius 1 is 1.30 bits per heavy atom. The number of hydrogen-bond acceptors (Lipinski definition) is 6. The fourth-order valence-corrected chi connectivity index (χ4v) is 3.90. The van der Waals surface area contributed by atoms with E-state index in [9.17, 15) is 4.79 Å². The van der Waals surface area contributed by atoms with Gasteiger partial charge in [0, 0.05) is 24.8 Å². The van der Waals surface area contributed by atoms with Crippen LogP contribution >= 0.6 is 0 Å². The van der Waals surface area contributed by atoms with Crippen LogP contribution in [0.15, 0.2) is 46.9 Å². The number of anilines is 2. The van der Waals surface area contributed by atoms with Crippen molar-refractivity contribution in [1.29, 1.82) is 0 Å². The molecule has 3 atom stereocenters. The van der Waals surface area contributed by atoms with Crippen LogP contribution in [0.1, 0.15) is 49.0 Å². The molecule has 4 rings (SSSR count). The number of fused-ring (bicyclic) bond motifs is 1. The van der Waals surface area contributed by atoms with Crippen molar-refractivity contribution in [2.75, 3.05) is 16.8 Å². The number of carbonyl (C=O) groups is 1. The van der Waals surface area contributed by atoms with Gasteiger partial charge >= 0.3 is 0 Å². The van der Waals surface area contributed by atoms with Crippen LogP contribution in [-0.4, -0.2) is 23.5 Å². The van der Waals surface area contributed by atoms with Gasteiger partial charge in [-0.1, -0.05) is 17.4 Å². The van der Waals surface area contributed by atoms with E-state index in [0.717, 1.165) is 34.6 Å². The van der Waals surface area contributed by atoms with Crippen molar-refractivity contribution in [3.8, 4) is 0 Å². The lowest BCUT2D eigenvalue weighted by Gasteiger charge is -2.39. The van der Waals surface area contributed by atoms with Gasteiger partial charge in [0.05, 0.1) is 18.6 Å². The summed E-state index contributed by atoms with van der Waals surface area (Å²) < 4.78 is 0. The van der Waals surface area contributed by atoms with Crippen molar-refractivity contribution >= 4 is 17.4 Å². The fourth-order valence-electron chi connectivity index (χ4n) is 3.90. The lowest BCUT2D eigenvalue weighted by Crippen LogP contribution is -2.43. The molecule has 0 radical (unpaired) electrons. The first-order valence-corrected chi connectivity index (χ1v) is 9.28. The monoisotopic (exact) mass is 364 g/mol. The molecule has 0 fully saturated rings. The molecular weight excluding hydrogens is 340 g/mol. The Labute approximate surface area is 158 Å². The molecule has 140 valence electrons. The molecule has 2 aromatic rings. The second-order valence-corrected chi connectivity index (χ2v) is 7.32. The number of amides is 1. The van der Waals surface area contributed by atoms with Crippen molar-refractivity contribution in [3.05, 3.63) is 53.2 Å². The first-order valence-electron chi connectivity index (χ1n) is 9.28. The molecule has 1 aromatic heterocycles. The van der Waals surface area contributed by atoms with E-state index in [1.54, 1.807) is 6.92 Å². The van der Waals surface area contributed by atoms with Crippen LogP contribution in [-0.2, 0) is 4.79 Å². The summed E-state index contributed by atoms with van der Waals surface area (Å²) in [6, 6.07) is 10.6. The minimum atomic E-state index is 0.0624. The van der Waals surface area contributed by atoms with E-state index in [4.69, 9.17) is 0 Å². The van der Waals surface area contributed by atoms with Crippen LogP contribution in [0.2, 0.25) is 0 Å². The summed E-state index contributed by atoms with van der Waals surface area (Å²) in [6.07, 6.45) is 2.68. The maximum Gasteiger partial charge on any atom is 0.224 e. The van der Waals surface area contributed by atoms with Gasteiger partial charge in [0.1, 0.15) is 5.82 Å². The van der Waals surface area contributed by atoms with Crippen LogP contribution in [0.5, 0.6) is 0 Å². The van der Waals surface area contributed by atoms with Gasteiger partial charge in [-0.25, -0.2) is 4.98 Å². The molecule has 7 heteroatoms. The number of hydrogen-bond donors (Lipinski definition) is 2.